The van der Waals surface area contributed by atoms with Crippen LogP contribution in [0.4, 0.5) is 0 Å². The molecule has 1 atom stereocenters. The van der Waals surface area contributed by atoms with E-state index in [0.717, 1.165) is 6.42 Å². The van der Waals surface area contributed by atoms with E-state index in [0.29, 0.717) is 29.4 Å². The standard InChI is InChI=1S/C14H15ClN2O2/c15-13-8-11(4-3-10(13)2-1-6-16)14(18)17-12-5-7-19-9-12/h3-4,8,12H,5-7,9,16H2,(H,17,18). The summed E-state index contributed by atoms with van der Waals surface area (Å²) < 4.78 is 5.21. The number of carbonyl (C=O) groups is 1. The molecule has 0 bridgehead atoms. The number of halogens is 1. The highest BCUT2D eigenvalue weighted by atomic mass is 35.5. The molecule has 5 heteroatoms. The van der Waals surface area contributed by atoms with Gasteiger partial charge in [-0.2, -0.15) is 0 Å². The Bertz CT molecular complexity index is 528. The van der Waals surface area contributed by atoms with Gasteiger partial charge in [0.15, 0.2) is 0 Å². The molecule has 4 nitrogen and oxygen atoms in total. The number of nitrogens with two attached hydrogens (primary N) is 1. The fourth-order valence-electron chi connectivity index (χ4n) is 1.82. The number of hydrogen-bond acceptors (Lipinski definition) is 3. The third kappa shape index (κ3) is 3.71. The largest absolute Gasteiger partial charge is 0.379 e. The molecule has 0 spiro atoms. The maximum atomic E-state index is 12.0. The third-order valence-electron chi connectivity index (χ3n) is 2.82. The van der Waals surface area contributed by atoms with Crippen molar-refractivity contribution in [3.63, 3.8) is 0 Å². The summed E-state index contributed by atoms with van der Waals surface area (Å²) in [5.74, 6) is 5.44. The molecule has 1 saturated heterocycles. The van der Waals surface area contributed by atoms with Crippen molar-refractivity contribution in [1.82, 2.24) is 5.32 Å². The average Bonchev–Trinajstić information content (AvgIpc) is 2.90. The van der Waals surface area contributed by atoms with Crippen LogP contribution in [0.3, 0.4) is 0 Å². The van der Waals surface area contributed by atoms with Crippen LogP contribution in [0.5, 0.6) is 0 Å². The summed E-state index contributed by atoms with van der Waals surface area (Å²) in [4.78, 5) is 12.0. The highest BCUT2D eigenvalue weighted by molar-refractivity contribution is 6.32. The molecule has 1 heterocycles. The van der Waals surface area contributed by atoms with Crippen molar-refractivity contribution in [3.05, 3.63) is 34.3 Å². The fraction of sp³-hybridized carbons (Fsp3) is 0.357. The van der Waals surface area contributed by atoms with Crippen LogP contribution >= 0.6 is 11.6 Å². The topological polar surface area (TPSA) is 64.4 Å². The van der Waals surface area contributed by atoms with Gasteiger partial charge in [0.25, 0.3) is 5.91 Å². The smallest absolute Gasteiger partial charge is 0.251 e. The van der Waals surface area contributed by atoms with E-state index in [-0.39, 0.29) is 18.5 Å². The number of rotatable bonds is 2. The lowest BCUT2D eigenvalue weighted by molar-refractivity contribution is 0.0930. The van der Waals surface area contributed by atoms with Crippen molar-refractivity contribution in [2.24, 2.45) is 5.73 Å². The van der Waals surface area contributed by atoms with Gasteiger partial charge in [0.1, 0.15) is 0 Å². The molecule has 1 aliphatic rings. The molecule has 3 N–H and O–H groups in total. The van der Waals surface area contributed by atoms with Gasteiger partial charge in [-0.15, -0.1) is 0 Å². The van der Waals surface area contributed by atoms with Gasteiger partial charge in [0.2, 0.25) is 0 Å². The minimum atomic E-state index is -0.143. The zero-order chi connectivity index (χ0) is 13.7. The van der Waals surface area contributed by atoms with Gasteiger partial charge in [0.05, 0.1) is 24.2 Å². The molecular weight excluding hydrogens is 264 g/mol. The molecule has 100 valence electrons. The predicted octanol–water partition coefficient (Wildman–Crippen LogP) is 1.17. The van der Waals surface area contributed by atoms with Crippen LogP contribution in [0.15, 0.2) is 18.2 Å². The molecule has 19 heavy (non-hydrogen) atoms. The molecule has 1 amide bonds. The van der Waals surface area contributed by atoms with Crippen molar-refractivity contribution < 1.29 is 9.53 Å². The summed E-state index contributed by atoms with van der Waals surface area (Å²) in [6.07, 6.45) is 0.847. The maximum absolute atomic E-state index is 12.0. The lowest BCUT2D eigenvalue weighted by Crippen LogP contribution is -2.34. The predicted molar refractivity (Wildman–Crippen MR) is 74.1 cm³/mol. The highest BCUT2D eigenvalue weighted by Crippen LogP contribution is 2.17. The molecule has 1 unspecified atom stereocenters. The Morgan fingerprint density at radius 3 is 3.05 bits per heavy atom. The minimum Gasteiger partial charge on any atom is -0.379 e. The van der Waals surface area contributed by atoms with Crippen molar-refractivity contribution in [1.29, 1.82) is 0 Å². The second-order valence-electron chi connectivity index (χ2n) is 4.23. The molecule has 0 aromatic heterocycles. The Morgan fingerprint density at radius 1 is 1.58 bits per heavy atom. The summed E-state index contributed by atoms with van der Waals surface area (Å²) in [7, 11) is 0. The molecular formula is C14H15ClN2O2. The van der Waals surface area contributed by atoms with E-state index in [4.69, 9.17) is 22.1 Å². The van der Waals surface area contributed by atoms with E-state index >= 15 is 0 Å². The van der Waals surface area contributed by atoms with Gasteiger partial charge in [0, 0.05) is 17.7 Å². The summed E-state index contributed by atoms with van der Waals surface area (Å²) in [6.45, 7) is 1.54. The van der Waals surface area contributed by atoms with Crippen LogP contribution in [0.1, 0.15) is 22.3 Å². The van der Waals surface area contributed by atoms with Crippen molar-refractivity contribution in [2.75, 3.05) is 19.8 Å². The highest BCUT2D eigenvalue weighted by Gasteiger charge is 2.18. The number of amides is 1. The van der Waals surface area contributed by atoms with Crippen LogP contribution in [0.2, 0.25) is 5.02 Å². The lowest BCUT2D eigenvalue weighted by Gasteiger charge is -2.10. The number of hydrogen-bond donors (Lipinski definition) is 2. The van der Waals surface area contributed by atoms with Gasteiger partial charge in [-0.1, -0.05) is 23.4 Å². The first kappa shape index (κ1) is 13.9. The Kier molecular flexibility index (Phi) is 4.80. The lowest BCUT2D eigenvalue weighted by atomic mass is 10.1. The first-order valence-corrected chi connectivity index (χ1v) is 6.45. The number of carbonyl (C=O) groups excluding carboxylic acids is 1. The summed E-state index contributed by atoms with van der Waals surface area (Å²) in [5.41, 5.74) is 6.50. The van der Waals surface area contributed by atoms with Gasteiger partial charge in [-0.3, -0.25) is 4.79 Å². The third-order valence-corrected chi connectivity index (χ3v) is 3.13. The van der Waals surface area contributed by atoms with Crippen molar-refractivity contribution in [3.8, 4) is 11.8 Å². The van der Waals surface area contributed by atoms with E-state index in [1.165, 1.54) is 0 Å². The number of nitrogens with one attached hydrogen (secondary N) is 1. The zero-order valence-corrected chi connectivity index (χ0v) is 11.2. The van der Waals surface area contributed by atoms with Gasteiger partial charge in [-0.05, 0) is 24.6 Å². The molecule has 2 rings (SSSR count). The van der Waals surface area contributed by atoms with Crippen molar-refractivity contribution in [2.45, 2.75) is 12.5 Å². The van der Waals surface area contributed by atoms with Crippen LogP contribution in [-0.2, 0) is 4.74 Å². The quantitative estimate of drug-likeness (QED) is 0.798. The van der Waals surface area contributed by atoms with E-state index < -0.39 is 0 Å². The molecule has 0 aliphatic carbocycles. The Labute approximate surface area is 117 Å². The van der Waals surface area contributed by atoms with Gasteiger partial charge < -0.3 is 15.8 Å². The summed E-state index contributed by atoms with van der Waals surface area (Å²) in [5, 5.41) is 3.36. The minimum absolute atomic E-state index is 0.0861. The Morgan fingerprint density at radius 2 is 2.42 bits per heavy atom. The van der Waals surface area contributed by atoms with Crippen LogP contribution in [0, 0.1) is 11.8 Å². The maximum Gasteiger partial charge on any atom is 0.251 e. The monoisotopic (exact) mass is 278 g/mol. The number of ether oxygens (including phenoxy) is 1. The summed E-state index contributed by atoms with van der Waals surface area (Å²) >= 11 is 6.08. The van der Waals surface area contributed by atoms with Crippen LogP contribution in [-0.4, -0.2) is 31.7 Å². The SMILES string of the molecule is NCC#Cc1ccc(C(=O)NC2CCOC2)cc1Cl. The summed E-state index contributed by atoms with van der Waals surface area (Å²) in [6, 6.07) is 5.14. The first-order chi connectivity index (χ1) is 9.20. The number of benzene rings is 1. The fourth-order valence-corrected chi connectivity index (χ4v) is 2.05. The Balaban J connectivity index is 2.08. The molecule has 1 fully saturated rings. The Hall–Kier alpha value is -1.54. The average molecular weight is 279 g/mol. The normalized spacial score (nSPS) is 17.7. The zero-order valence-electron chi connectivity index (χ0n) is 10.4. The second kappa shape index (κ2) is 6.58. The molecule has 0 radical (unpaired) electrons. The van der Waals surface area contributed by atoms with Gasteiger partial charge >= 0.3 is 0 Å². The first-order valence-electron chi connectivity index (χ1n) is 6.08. The van der Waals surface area contributed by atoms with E-state index in [9.17, 15) is 4.79 Å². The second-order valence-corrected chi connectivity index (χ2v) is 4.64. The van der Waals surface area contributed by atoms with E-state index in [1.807, 2.05) is 0 Å². The molecule has 1 aliphatic heterocycles. The van der Waals surface area contributed by atoms with Gasteiger partial charge in [-0.25, -0.2) is 0 Å². The van der Waals surface area contributed by atoms with Crippen molar-refractivity contribution >= 4 is 17.5 Å². The molecule has 1 aromatic carbocycles. The van der Waals surface area contributed by atoms with E-state index in [2.05, 4.69) is 17.2 Å². The molecule has 0 saturated carbocycles. The molecule has 1 aromatic rings. The van der Waals surface area contributed by atoms with Crippen LogP contribution < -0.4 is 11.1 Å². The van der Waals surface area contributed by atoms with Crippen LogP contribution in [0.25, 0.3) is 0 Å². The van der Waals surface area contributed by atoms with E-state index in [1.54, 1.807) is 18.2 Å².